The number of nitrogens with zero attached hydrogens (tertiary/aromatic N) is 2. The summed E-state index contributed by atoms with van der Waals surface area (Å²) >= 11 is 0.929. The Morgan fingerprint density at radius 3 is 2.66 bits per heavy atom. The molecule has 1 aromatic carbocycles. The molecule has 0 bridgehead atoms. The standard InChI is InChI=1S/C27H26N2O8S/c1-5-12-36-17-11-10-16(14-19(17)34-6-2)21-20(22(30)18-9-8-13-37-18)23(31)25(32)29(21)27-28-15(4)24(38-27)26(33)35-7-3/h5,8-11,13-14,21,31H,1,6-7,12H2,2-4H3. The van der Waals surface area contributed by atoms with Gasteiger partial charge in [0.2, 0.25) is 5.78 Å². The van der Waals surface area contributed by atoms with Crippen LogP contribution < -0.4 is 14.4 Å². The number of aliphatic hydroxyl groups excluding tert-OH is 1. The second-order valence-corrected chi connectivity index (χ2v) is 8.99. The number of ether oxygens (including phenoxy) is 3. The number of aliphatic hydroxyl groups is 1. The predicted molar refractivity (Wildman–Crippen MR) is 139 cm³/mol. The van der Waals surface area contributed by atoms with E-state index in [1.807, 2.05) is 6.92 Å². The van der Waals surface area contributed by atoms with Crippen LogP contribution in [0.3, 0.4) is 0 Å². The smallest absolute Gasteiger partial charge is 0.350 e. The summed E-state index contributed by atoms with van der Waals surface area (Å²) in [5, 5.41) is 11.1. The summed E-state index contributed by atoms with van der Waals surface area (Å²) in [6.07, 6.45) is 2.91. The first-order valence-corrected chi connectivity index (χ1v) is 12.6. The quantitative estimate of drug-likeness (QED) is 0.204. The molecular weight excluding hydrogens is 512 g/mol. The van der Waals surface area contributed by atoms with E-state index in [9.17, 15) is 19.5 Å². The molecule has 1 amide bonds. The maximum atomic E-state index is 13.5. The average molecular weight is 539 g/mol. The highest BCUT2D eigenvalue weighted by atomic mass is 32.1. The molecule has 1 aliphatic heterocycles. The van der Waals surface area contributed by atoms with Crippen molar-refractivity contribution in [3.05, 3.63) is 82.5 Å². The number of carbonyl (C=O) groups excluding carboxylic acids is 3. The number of thiazole rings is 1. The van der Waals surface area contributed by atoms with Crippen molar-refractivity contribution in [1.82, 2.24) is 4.98 Å². The second kappa shape index (κ2) is 11.3. The van der Waals surface area contributed by atoms with Gasteiger partial charge in [-0.25, -0.2) is 9.78 Å². The summed E-state index contributed by atoms with van der Waals surface area (Å²) in [5.74, 6) is -2.08. The number of Topliss-reactive ketones (excluding diaryl/α,β-unsaturated/α-hetero) is 1. The third kappa shape index (κ3) is 4.92. The minimum absolute atomic E-state index is 0.0512. The van der Waals surface area contributed by atoms with Crippen molar-refractivity contribution in [1.29, 1.82) is 0 Å². The monoisotopic (exact) mass is 538 g/mol. The van der Waals surface area contributed by atoms with Crippen LogP contribution in [0.4, 0.5) is 5.13 Å². The van der Waals surface area contributed by atoms with Gasteiger partial charge in [0.1, 0.15) is 11.5 Å². The van der Waals surface area contributed by atoms with Gasteiger partial charge in [0, 0.05) is 0 Å². The molecule has 1 N–H and O–H groups in total. The molecule has 198 valence electrons. The number of aromatic nitrogens is 1. The SMILES string of the molecule is C=CCOc1ccc(C2C(C(=O)c3ccco3)=C(O)C(=O)N2c2nc(C)c(C(=O)OCC)s2)cc1OCC. The molecule has 1 atom stereocenters. The Hall–Kier alpha value is -4.38. The molecule has 1 unspecified atom stereocenters. The lowest BCUT2D eigenvalue weighted by molar-refractivity contribution is -0.117. The number of rotatable bonds is 11. The van der Waals surface area contributed by atoms with Crippen LogP contribution in [0.2, 0.25) is 0 Å². The second-order valence-electron chi connectivity index (χ2n) is 8.02. The Morgan fingerprint density at radius 1 is 1.21 bits per heavy atom. The van der Waals surface area contributed by atoms with Crippen LogP contribution in [0.1, 0.15) is 51.4 Å². The summed E-state index contributed by atoms with van der Waals surface area (Å²) in [6.45, 7) is 9.49. The van der Waals surface area contributed by atoms with E-state index in [4.69, 9.17) is 18.6 Å². The molecule has 1 aliphatic rings. The third-order valence-corrected chi connectivity index (χ3v) is 6.73. The van der Waals surface area contributed by atoms with Crippen molar-refractivity contribution in [3.8, 4) is 11.5 Å². The van der Waals surface area contributed by atoms with Gasteiger partial charge in [0.15, 0.2) is 28.1 Å². The topological polar surface area (TPSA) is 128 Å². The van der Waals surface area contributed by atoms with Gasteiger partial charge in [-0.05, 0) is 50.6 Å². The van der Waals surface area contributed by atoms with Gasteiger partial charge in [0.25, 0.3) is 5.91 Å². The molecular formula is C27H26N2O8S. The van der Waals surface area contributed by atoms with Crippen molar-refractivity contribution < 1.29 is 38.1 Å². The summed E-state index contributed by atoms with van der Waals surface area (Å²) in [4.78, 5) is 45.1. The number of hydrogen-bond acceptors (Lipinski definition) is 10. The summed E-state index contributed by atoms with van der Waals surface area (Å²) in [7, 11) is 0. The number of ketones is 1. The highest BCUT2D eigenvalue weighted by molar-refractivity contribution is 7.17. The Balaban J connectivity index is 1.87. The van der Waals surface area contributed by atoms with E-state index >= 15 is 0 Å². The van der Waals surface area contributed by atoms with Gasteiger partial charge in [-0.15, -0.1) is 0 Å². The molecule has 10 nitrogen and oxygen atoms in total. The zero-order chi connectivity index (χ0) is 27.4. The largest absolute Gasteiger partial charge is 0.503 e. The van der Waals surface area contributed by atoms with Crippen LogP contribution in [-0.2, 0) is 9.53 Å². The number of benzene rings is 1. The Bertz CT molecular complexity index is 1410. The molecule has 0 saturated carbocycles. The van der Waals surface area contributed by atoms with E-state index in [1.165, 1.54) is 23.3 Å². The van der Waals surface area contributed by atoms with Crippen LogP contribution in [0, 0.1) is 6.92 Å². The molecule has 2 aromatic heterocycles. The van der Waals surface area contributed by atoms with Gasteiger partial charge in [0.05, 0.1) is 36.8 Å². The number of furan rings is 1. The average Bonchev–Trinajstić information content (AvgIpc) is 3.62. The fraction of sp³-hybridized carbons (Fsp3) is 0.259. The third-order valence-electron chi connectivity index (χ3n) is 5.59. The molecule has 0 saturated heterocycles. The normalized spacial score (nSPS) is 15.1. The highest BCUT2D eigenvalue weighted by Gasteiger charge is 2.47. The number of esters is 1. The first-order chi connectivity index (χ1) is 18.3. The van der Waals surface area contributed by atoms with E-state index in [2.05, 4.69) is 11.6 Å². The fourth-order valence-electron chi connectivity index (χ4n) is 3.99. The van der Waals surface area contributed by atoms with Crippen LogP contribution in [0.25, 0.3) is 0 Å². The zero-order valence-corrected chi connectivity index (χ0v) is 21.9. The Morgan fingerprint density at radius 2 is 2.00 bits per heavy atom. The predicted octanol–water partition coefficient (Wildman–Crippen LogP) is 4.97. The molecule has 11 heteroatoms. The van der Waals surface area contributed by atoms with Crippen molar-refractivity contribution in [2.45, 2.75) is 26.8 Å². The summed E-state index contributed by atoms with van der Waals surface area (Å²) in [6, 6.07) is 6.81. The van der Waals surface area contributed by atoms with E-state index < -0.39 is 29.5 Å². The van der Waals surface area contributed by atoms with Gasteiger partial charge < -0.3 is 23.7 Å². The molecule has 0 spiro atoms. The minimum Gasteiger partial charge on any atom is -0.503 e. The molecule has 0 aliphatic carbocycles. The highest BCUT2D eigenvalue weighted by Crippen LogP contribution is 2.45. The van der Waals surface area contributed by atoms with Crippen molar-refractivity contribution >= 4 is 34.1 Å². The van der Waals surface area contributed by atoms with Gasteiger partial charge in [-0.2, -0.15) is 0 Å². The van der Waals surface area contributed by atoms with Crippen molar-refractivity contribution in [2.24, 2.45) is 0 Å². The lowest BCUT2D eigenvalue weighted by atomic mass is 9.95. The van der Waals surface area contributed by atoms with E-state index in [1.54, 1.807) is 38.1 Å². The van der Waals surface area contributed by atoms with Crippen LogP contribution >= 0.6 is 11.3 Å². The lowest BCUT2D eigenvalue weighted by Gasteiger charge is -2.25. The van der Waals surface area contributed by atoms with Gasteiger partial charge in [-0.3, -0.25) is 14.5 Å². The van der Waals surface area contributed by atoms with Gasteiger partial charge >= 0.3 is 5.97 Å². The zero-order valence-electron chi connectivity index (χ0n) is 21.1. The number of anilines is 1. The lowest BCUT2D eigenvalue weighted by Crippen LogP contribution is -2.31. The van der Waals surface area contributed by atoms with E-state index in [0.29, 0.717) is 29.4 Å². The summed E-state index contributed by atoms with van der Waals surface area (Å²) < 4.78 is 21.8. The van der Waals surface area contributed by atoms with Crippen molar-refractivity contribution in [2.75, 3.05) is 24.7 Å². The fourth-order valence-corrected chi connectivity index (χ4v) is 4.98. The van der Waals surface area contributed by atoms with E-state index in [-0.39, 0.29) is 34.6 Å². The maximum absolute atomic E-state index is 13.5. The first-order valence-electron chi connectivity index (χ1n) is 11.8. The minimum atomic E-state index is -1.10. The summed E-state index contributed by atoms with van der Waals surface area (Å²) in [5.41, 5.74) is 0.596. The van der Waals surface area contributed by atoms with Crippen LogP contribution in [-0.4, -0.2) is 47.6 Å². The Labute approximate surface area is 222 Å². The molecule has 0 fully saturated rings. The van der Waals surface area contributed by atoms with Crippen molar-refractivity contribution in [3.63, 3.8) is 0 Å². The molecule has 0 radical (unpaired) electrons. The number of amides is 1. The van der Waals surface area contributed by atoms with Gasteiger partial charge in [-0.1, -0.05) is 30.1 Å². The molecule has 38 heavy (non-hydrogen) atoms. The molecule has 4 rings (SSSR count). The first kappa shape index (κ1) is 26.7. The number of aryl methyl sites for hydroxylation is 1. The number of carbonyl (C=O) groups is 3. The van der Waals surface area contributed by atoms with Crippen LogP contribution in [0.5, 0.6) is 11.5 Å². The van der Waals surface area contributed by atoms with Crippen LogP contribution in [0.15, 0.2) is 65.0 Å². The van der Waals surface area contributed by atoms with E-state index in [0.717, 1.165) is 11.3 Å². The number of hydrogen-bond donors (Lipinski definition) is 1. The maximum Gasteiger partial charge on any atom is 0.350 e. The Kier molecular flexibility index (Phi) is 7.96. The molecule has 3 aromatic rings. The molecule has 3 heterocycles.